The second kappa shape index (κ2) is 11.9. The number of carbonyl (C=O) groups is 1. The third kappa shape index (κ3) is 5.94. The minimum atomic E-state index is -0.498. The summed E-state index contributed by atoms with van der Waals surface area (Å²) in [6, 6.07) is 42.3. The van der Waals surface area contributed by atoms with Crippen molar-refractivity contribution in [2.75, 3.05) is 26.2 Å². The van der Waals surface area contributed by atoms with Crippen molar-refractivity contribution < 1.29 is 9.90 Å². The number of β-amino-alcohol motifs (C(OH)–C–C–N with tert-alkyl or cyclic N) is 1. The van der Waals surface area contributed by atoms with E-state index in [4.69, 9.17) is 0 Å². The zero-order valence-electron chi connectivity index (χ0n) is 22.0. The number of benzene rings is 4. The second-order valence-corrected chi connectivity index (χ2v) is 10.4. The molecule has 0 radical (unpaired) electrons. The Labute approximate surface area is 226 Å². The molecule has 4 heteroatoms. The average Bonchev–Trinajstić information content (AvgIpc) is 2.94. The number of ketones is 1. The summed E-state index contributed by atoms with van der Waals surface area (Å²) in [6.45, 7) is 4.68. The van der Waals surface area contributed by atoms with Gasteiger partial charge in [-0.05, 0) is 28.7 Å². The van der Waals surface area contributed by atoms with Crippen molar-refractivity contribution in [2.45, 2.75) is 31.0 Å². The van der Waals surface area contributed by atoms with Gasteiger partial charge in [-0.25, -0.2) is 0 Å². The third-order valence-corrected chi connectivity index (χ3v) is 7.60. The molecule has 2 aliphatic rings. The van der Waals surface area contributed by atoms with Gasteiger partial charge in [0.05, 0.1) is 30.8 Å². The maximum atomic E-state index is 11.2. The smallest absolute Gasteiger partial charge is 0.160 e. The third-order valence-electron chi connectivity index (χ3n) is 7.60. The van der Waals surface area contributed by atoms with Gasteiger partial charge < -0.3 is 5.11 Å². The van der Waals surface area contributed by atoms with Crippen molar-refractivity contribution in [3.05, 3.63) is 144 Å². The fourth-order valence-electron chi connectivity index (χ4n) is 5.47. The normalized spacial score (nSPS) is 16.9. The summed E-state index contributed by atoms with van der Waals surface area (Å²) in [5.74, 6) is 0.326. The lowest BCUT2D eigenvalue weighted by Crippen LogP contribution is -2.62. The number of carbonyl (C=O) groups excluding carboxylic acids is 1. The minimum absolute atomic E-state index is 0.199. The van der Waals surface area contributed by atoms with Gasteiger partial charge in [0.2, 0.25) is 0 Å². The largest absolute Gasteiger partial charge is 0.387 e. The molecule has 2 saturated heterocycles. The van der Waals surface area contributed by atoms with Gasteiger partial charge in [0.1, 0.15) is 0 Å². The molecule has 0 unspecified atom stereocenters. The molecule has 1 N–H and O–H groups in total. The van der Waals surface area contributed by atoms with Gasteiger partial charge in [0, 0.05) is 13.1 Å². The highest BCUT2D eigenvalue weighted by atomic mass is 16.3. The van der Waals surface area contributed by atoms with Gasteiger partial charge in [-0.2, -0.15) is 0 Å². The van der Waals surface area contributed by atoms with E-state index in [0.717, 1.165) is 19.5 Å². The molecule has 0 atom stereocenters. The first-order chi connectivity index (χ1) is 18.6. The van der Waals surface area contributed by atoms with Gasteiger partial charge in [0.15, 0.2) is 5.78 Å². The highest BCUT2D eigenvalue weighted by Gasteiger charge is 2.43. The monoisotopic (exact) mass is 504 g/mol. The first-order valence-electron chi connectivity index (χ1n) is 13.5. The summed E-state index contributed by atoms with van der Waals surface area (Å²) in [5, 5.41) is 10.3. The van der Waals surface area contributed by atoms with Crippen LogP contribution in [-0.4, -0.2) is 52.5 Å². The standard InChI is InChI=1S/C18H21NO.C16H15NO/c1-2-18(20)13-19(14-18)17(15-9-5-3-6-10-15)16-11-7-4-8-12-16;18-15-11-17(12-15)16(13-7-3-1-4-8-13)14-9-5-2-6-10-14/h3-12,17,20H,2,13-14H2,1H3;1-10,16H,11-12H2. The SMILES string of the molecule is CCC1(O)CN(C(c2ccccc2)c2ccccc2)C1.O=C1CN(C(c2ccccc2)c2ccccc2)C1. The molecule has 38 heavy (non-hydrogen) atoms. The van der Waals surface area contributed by atoms with Crippen LogP contribution in [0.5, 0.6) is 0 Å². The molecule has 2 fully saturated rings. The zero-order valence-corrected chi connectivity index (χ0v) is 22.0. The maximum absolute atomic E-state index is 11.2. The van der Waals surface area contributed by atoms with E-state index in [1.165, 1.54) is 22.3 Å². The molecule has 2 aliphatic heterocycles. The van der Waals surface area contributed by atoms with Crippen LogP contribution >= 0.6 is 0 Å². The summed E-state index contributed by atoms with van der Waals surface area (Å²) < 4.78 is 0. The number of aliphatic hydroxyl groups is 1. The topological polar surface area (TPSA) is 43.8 Å². The molecule has 0 bridgehead atoms. The fraction of sp³-hybridized carbons (Fsp3) is 0.265. The van der Waals surface area contributed by atoms with Crippen molar-refractivity contribution in [2.24, 2.45) is 0 Å². The molecule has 4 aromatic carbocycles. The first-order valence-corrected chi connectivity index (χ1v) is 13.5. The number of Topliss-reactive ketones (excluding diaryl/α,β-unsaturated/α-hetero) is 1. The van der Waals surface area contributed by atoms with E-state index in [1.54, 1.807) is 0 Å². The Kier molecular flexibility index (Phi) is 8.14. The molecule has 0 spiro atoms. The lowest BCUT2D eigenvalue weighted by molar-refractivity contribution is -0.130. The Bertz CT molecular complexity index is 1200. The van der Waals surface area contributed by atoms with E-state index in [9.17, 15) is 9.90 Å². The van der Waals surface area contributed by atoms with Crippen molar-refractivity contribution in [1.82, 2.24) is 9.80 Å². The van der Waals surface area contributed by atoms with Crippen molar-refractivity contribution in [1.29, 1.82) is 0 Å². The maximum Gasteiger partial charge on any atom is 0.160 e. The lowest BCUT2D eigenvalue weighted by Gasteiger charge is -2.50. The molecule has 0 amide bonds. The fourth-order valence-corrected chi connectivity index (χ4v) is 5.47. The molecule has 6 rings (SSSR count). The summed E-state index contributed by atoms with van der Waals surface area (Å²) in [4.78, 5) is 15.8. The number of rotatable bonds is 7. The Morgan fingerprint density at radius 1 is 0.605 bits per heavy atom. The molecule has 2 heterocycles. The van der Waals surface area contributed by atoms with Crippen LogP contribution < -0.4 is 0 Å². The van der Waals surface area contributed by atoms with Crippen molar-refractivity contribution in [3.63, 3.8) is 0 Å². The van der Waals surface area contributed by atoms with Crippen LogP contribution in [0.2, 0.25) is 0 Å². The molecular formula is C34H36N2O2. The average molecular weight is 505 g/mol. The van der Waals surface area contributed by atoms with Gasteiger partial charge >= 0.3 is 0 Å². The molecule has 194 valence electrons. The van der Waals surface area contributed by atoms with Gasteiger partial charge in [-0.15, -0.1) is 0 Å². The van der Waals surface area contributed by atoms with Gasteiger partial charge in [-0.3, -0.25) is 14.6 Å². The van der Waals surface area contributed by atoms with Crippen LogP contribution in [-0.2, 0) is 4.79 Å². The molecule has 0 saturated carbocycles. The van der Waals surface area contributed by atoms with Crippen LogP contribution in [0.1, 0.15) is 47.7 Å². The van der Waals surface area contributed by atoms with Crippen LogP contribution in [0.25, 0.3) is 0 Å². The lowest BCUT2D eigenvalue weighted by atomic mass is 9.86. The summed E-state index contributed by atoms with van der Waals surface area (Å²) in [6.07, 6.45) is 0.819. The minimum Gasteiger partial charge on any atom is -0.387 e. The molecule has 0 aliphatic carbocycles. The summed E-state index contributed by atoms with van der Waals surface area (Å²) in [7, 11) is 0. The van der Waals surface area contributed by atoms with E-state index in [1.807, 2.05) is 48.5 Å². The molecule has 4 aromatic rings. The Balaban J connectivity index is 0.000000156. The van der Waals surface area contributed by atoms with Gasteiger partial charge in [0.25, 0.3) is 0 Å². The van der Waals surface area contributed by atoms with Crippen LogP contribution in [0.4, 0.5) is 0 Å². The number of hydrogen-bond donors (Lipinski definition) is 1. The number of hydrogen-bond acceptors (Lipinski definition) is 4. The van der Waals surface area contributed by atoms with E-state index < -0.39 is 5.60 Å². The van der Waals surface area contributed by atoms with E-state index in [2.05, 4.69) is 89.5 Å². The zero-order chi connectivity index (χ0) is 26.4. The Hall–Kier alpha value is -3.57. The quantitative estimate of drug-likeness (QED) is 0.341. The van der Waals surface area contributed by atoms with Crippen LogP contribution in [0, 0.1) is 0 Å². The number of nitrogens with zero attached hydrogens (tertiary/aromatic N) is 2. The predicted molar refractivity (Wildman–Crippen MR) is 153 cm³/mol. The first kappa shape index (κ1) is 26.1. The molecule has 4 nitrogen and oxygen atoms in total. The Morgan fingerprint density at radius 2 is 0.921 bits per heavy atom. The predicted octanol–water partition coefficient (Wildman–Crippen LogP) is 5.89. The molecular weight excluding hydrogens is 468 g/mol. The van der Waals surface area contributed by atoms with E-state index >= 15 is 0 Å². The highest BCUT2D eigenvalue weighted by molar-refractivity contribution is 5.88. The Morgan fingerprint density at radius 3 is 1.21 bits per heavy atom. The van der Waals surface area contributed by atoms with Gasteiger partial charge in [-0.1, -0.05) is 128 Å². The number of likely N-dealkylation sites (tertiary alicyclic amines) is 2. The highest BCUT2D eigenvalue weighted by Crippen LogP contribution is 2.37. The molecule has 0 aromatic heterocycles. The summed E-state index contributed by atoms with van der Waals surface area (Å²) >= 11 is 0. The van der Waals surface area contributed by atoms with Crippen molar-refractivity contribution >= 4 is 5.78 Å². The van der Waals surface area contributed by atoms with E-state index in [0.29, 0.717) is 18.9 Å². The van der Waals surface area contributed by atoms with Crippen molar-refractivity contribution in [3.8, 4) is 0 Å². The van der Waals surface area contributed by atoms with Crippen LogP contribution in [0.3, 0.4) is 0 Å². The van der Waals surface area contributed by atoms with Crippen LogP contribution in [0.15, 0.2) is 121 Å². The van der Waals surface area contributed by atoms with E-state index in [-0.39, 0.29) is 12.1 Å². The second-order valence-electron chi connectivity index (χ2n) is 10.4. The summed E-state index contributed by atoms with van der Waals surface area (Å²) in [5.41, 5.74) is 4.57.